The summed E-state index contributed by atoms with van der Waals surface area (Å²) in [6, 6.07) is 9.83. The lowest BCUT2D eigenvalue weighted by molar-refractivity contribution is -0.134. The van der Waals surface area contributed by atoms with E-state index in [2.05, 4.69) is 6.92 Å². The Bertz CT molecular complexity index is 651. The maximum atomic E-state index is 14.2. The highest BCUT2D eigenvalue weighted by atomic mass is 19.1. The summed E-state index contributed by atoms with van der Waals surface area (Å²) in [6.45, 7) is 2.10. The second kappa shape index (κ2) is 8.42. The normalized spacial score (nSPS) is 10.6. The van der Waals surface area contributed by atoms with E-state index in [9.17, 15) is 13.6 Å². The van der Waals surface area contributed by atoms with Crippen molar-refractivity contribution in [3.63, 3.8) is 0 Å². The second-order valence-electron chi connectivity index (χ2n) is 5.43. The molecule has 2 rings (SSSR count). The van der Waals surface area contributed by atoms with Gasteiger partial charge in [0.2, 0.25) is 0 Å². The number of carbonyl (C=O) groups excluding carboxylic acids is 1. The van der Waals surface area contributed by atoms with E-state index < -0.39 is 5.82 Å². The van der Waals surface area contributed by atoms with Crippen LogP contribution in [0.2, 0.25) is 0 Å². The molecule has 0 N–H and O–H groups in total. The molecule has 122 valence electrons. The minimum Gasteiger partial charge on any atom is -0.426 e. The second-order valence-corrected chi connectivity index (χ2v) is 5.43. The lowest BCUT2D eigenvalue weighted by Crippen LogP contribution is -2.07. The molecule has 2 aromatic carbocycles. The predicted octanol–water partition coefficient (Wildman–Crippen LogP) is 5.51. The third-order valence-corrected chi connectivity index (χ3v) is 3.56. The van der Waals surface area contributed by atoms with Gasteiger partial charge in [-0.05, 0) is 36.2 Å². The van der Waals surface area contributed by atoms with Crippen LogP contribution in [-0.2, 0) is 4.79 Å². The highest BCUT2D eigenvalue weighted by molar-refractivity contribution is 5.73. The first-order valence-electron chi connectivity index (χ1n) is 7.86. The topological polar surface area (TPSA) is 26.3 Å². The Hall–Kier alpha value is -2.23. The Kier molecular flexibility index (Phi) is 6.27. The van der Waals surface area contributed by atoms with Crippen LogP contribution in [0.25, 0.3) is 11.1 Å². The SMILES string of the molecule is CCCCCCC(=O)Oc1ccc(-c2ccc(F)cc2)c(F)c1. The van der Waals surface area contributed by atoms with Gasteiger partial charge in [-0.1, -0.05) is 38.3 Å². The van der Waals surface area contributed by atoms with Crippen molar-refractivity contribution in [1.29, 1.82) is 0 Å². The minimum atomic E-state index is -0.507. The van der Waals surface area contributed by atoms with Gasteiger partial charge in [0.05, 0.1) is 0 Å². The summed E-state index contributed by atoms with van der Waals surface area (Å²) in [7, 11) is 0. The highest BCUT2D eigenvalue weighted by Crippen LogP contribution is 2.26. The van der Waals surface area contributed by atoms with Crippen molar-refractivity contribution < 1.29 is 18.3 Å². The molecule has 0 aliphatic carbocycles. The first-order chi connectivity index (χ1) is 11.1. The van der Waals surface area contributed by atoms with Gasteiger partial charge in [-0.15, -0.1) is 0 Å². The number of hydrogen-bond acceptors (Lipinski definition) is 2. The van der Waals surface area contributed by atoms with E-state index in [0.29, 0.717) is 17.5 Å². The molecule has 0 unspecified atom stereocenters. The first kappa shape index (κ1) is 17.1. The molecule has 0 spiro atoms. The summed E-state index contributed by atoms with van der Waals surface area (Å²) in [5, 5.41) is 0. The molecule has 0 bridgehead atoms. The Balaban J connectivity index is 1.99. The quantitative estimate of drug-likeness (QED) is 0.382. The van der Waals surface area contributed by atoms with Gasteiger partial charge in [0, 0.05) is 18.1 Å². The van der Waals surface area contributed by atoms with Crippen molar-refractivity contribution in [2.24, 2.45) is 0 Å². The fourth-order valence-electron chi connectivity index (χ4n) is 2.30. The van der Waals surface area contributed by atoms with E-state index >= 15 is 0 Å². The average molecular weight is 318 g/mol. The lowest BCUT2D eigenvalue weighted by atomic mass is 10.1. The van der Waals surface area contributed by atoms with Crippen molar-refractivity contribution in [2.45, 2.75) is 39.0 Å². The molecule has 2 aromatic rings. The highest BCUT2D eigenvalue weighted by Gasteiger charge is 2.10. The van der Waals surface area contributed by atoms with Gasteiger partial charge >= 0.3 is 5.97 Å². The number of hydrogen-bond donors (Lipinski definition) is 0. The maximum absolute atomic E-state index is 14.2. The molecule has 0 atom stereocenters. The van der Waals surface area contributed by atoms with Crippen molar-refractivity contribution in [3.8, 4) is 16.9 Å². The van der Waals surface area contributed by atoms with E-state index in [1.807, 2.05) is 0 Å². The molecule has 0 saturated heterocycles. The molecule has 0 amide bonds. The summed E-state index contributed by atoms with van der Waals surface area (Å²) < 4.78 is 32.2. The number of unbranched alkanes of at least 4 members (excludes halogenated alkanes) is 3. The number of halogens is 2. The Morgan fingerprint density at radius 3 is 2.39 bits per heavy atom. The molecule has 0 aromatic heterocycles. The molecule has 2 nitrogen and oxygen atoms in total. The standard InChI is InChI=1S/C19H20F2O2/c1-2-3-4-5-6-19(22)23-16-11-12-17(18(21)13-16)14-7-9-15(20)10-8-14/h7-13H,2-6H2,1H3. The summed E-state index contributed by atoms with van der Waals surface area (Å²) in [5.41, 5.74) is 0.911. The van der Waals surface area contributed by atoms with E-state index in [-0.39, 0.29) is 17.5 Å². The van der Waals surface area contributed by atoms with Crippen LogP contribution in [0.4, 0.5) is 8.78 Å². The van der Waals surface area contributed by atoms with Gasteiger partial charge in [-0.2, -0.15) is 0 Å². The number of rotatable bonds is 7. The van der Waals surface area contributed by atoms with Crippen LogP contribution >= 0.6 is 0 Å². The maximum Gasteiger partial charge on any atom is 0.311 e. The molecule has 23 heavy (non-hydrogen) atoms. The smallest absolute Gasteiger partial charge is 0.311 e. The van der Waals surface area contributed by atoms with Crippen LogP contribution < -0.4 is 4.74 Å². The van der Waals surface area contributed by atoms with Crippen LogP contribution in [0.5, 0.6) is 5.75 Å². The van der Waals surface area contributed by atoms with E-state index in [1.165, 1.54) is 36.4 Å². The van der Waals surface area contributed by atoms with Crippen molar-refractivity contribution in [3.05, 3.63) is 54.1 Å². The van der Waals surface area contributed by atoms with Crippen molar-refractivity contribution >= 4 is 5.97 Å². The Morgan fingerprint density at radius 2 is 1.74 bits per heavy atom. The third-order valence-electron chi connectivity index (χ3n) is 3.56. The summed E-state index contributed by atoms with van der Waals surface area (Å²) >= 11 is 0. The molecule has 0 radical (unpaired) electrons. The lowest BCUT2D eigenvalue weighted by Gasteiger charge is -2.08. The first-order valence-corrected chi connectivity index (χ1v) is 7.86. The number of carbonyl (C=O) groups is 1. The molecular weight excluding hydrogens is 298 g/mol. The van der Waals surface area contributed by atoms with Gasteiger partial charge in [0.1, 0.15) is 17.4 Å². The molecule has 0 fully saturated rings. The van der Waals surface area contributed by atoms with E-state index in [4.69, 9.17) is 4.74 Å². The molecule has 0 saturated carbocycles. The number of benzene rings is 2. The van der Waals surface area contributed by atoms with Gasteiger partial charge in [0.25, 0.3) is 0 Å². The number of esters is 1. The summed E-state index contributed by atoms with van der Waals surface area (Å²) in [5.74, 6) is -1.04. The van der Waals surface area contributed by atoms with Gasteiger partial charge in [-0.25, -0.2) is 8.78 Å². The van der Waals surface area contributed by atoms with Crippen LogP contribution in [0.3, 0.4) is 0 Å². The Morgan fingerprint density at radius 1 is 1.00 bits per heavy atom. The monoisotopic (exact) mass is 318 g/mol. The van der Waals surface area contributed by atoms with Crippen molar-refractivity contribution in [1.82, 2.24) is 0 Å². The fraction of sp³-hybridized carbons (Fsp3) is 0.316. The zero-order chi connectivity index (χ0) is 16.7. The number of ether oxygens (including phenoxy) is 1. The van der Waals surface area contributed by atoms with E-state index in [1.54, 1.807) is 6.07 Å². The molecular formula is C19H20F2O2. The summed E-state index contributed by atoms with van der Waals surface area (Å²) in [4.78, 5) is 11.7. The van der Waals surface area contributed by atoms with Crippen LogP contribution in [0.15, 0.2) is 42.5 Å². The van der Waals surface area contributed by atoms with E-state index in [0.717, 1.165) is 25.7 Å². The molecule has 0 heterocycles. The largest absolute Gasteiger partial charge is 0.426 e. The molecule has 0 aliphatic heterocycles. The average Bonchev–Trinajstić information content (AvgIpc) is 2.53. The summed E-state index contributed by atoms with van der Waals surface area (Å²) in [6.07, 6.45) is 4.30. The molecule has 4 heteroatoms. The van der Waals surface area contributed by atoms with Gasteiger partial charge in [0.15, 0.2) is 0 Å². The zero-order valence-electron chi connectivity index (χ0n) is 13.1. The zero-order valence-corrected chi connectivity index (χ0v) is 13.1. The fourth-order valence-corrected chi connectivity index (χ4v) is 2.30. The molecule has 0 aliphatic rings. The van der Waals surface area contributed by atoms with Gasteiger partial charge < -0.3 is 4.74 Å². The minimum absolute atomic E-state index is 0.189. The Labute approximate surface area is 135 Å². The van der Waals surface area contributed by atoms with Crippen LogP contribution in [0.1, 0.15) is 39.0 Å². The van der Waals surface area contributed by atoms with Crippen LogP contribution in [0, 0.1) is 11.6 Å². The van der Waals surface area contributed by atoms with Crippen LogP contribution in [-0.4, -0.2) is 5.97 Å². The third kappa shape index (κ3) is 5.16. The van der Waals surface area contributed by atoms with Gasteiger partial charge in [-0.3, -0.25) is 4.79 Å². The predicted molar refractivity (Wildman–Crippen MR) is 86.2 cm³/mol. The van der Waals surface area contributed by atoms with Crippen molar-refractivity contribution in [2.75, 3.05) is 0 Å².